The van der Waals surface area contributed by atoms with Gasteiger partial charge in [0.15, 0.2) is 4.98 Å². The monoisotopic (exact) mass is 266 g/mol. The maximum atomic E-state index is 11.8. The quantitative estimate of drug-likeness (QED) is 0.621. The predicted molar refractivity (Wildman–Crippen MR) is 72.8 cm³/mol. The minimum Gasteiger partial charge on any atom is -0.259 e. The molecule has 0 aliphatic heterocycles. The van der Waals surface area contributed by atoms with Crippen LogP contribution in [0.4, 0.5) is 11.4 Å². The average molecular weight is 266 g/mol. The summed E-state index contributed by atoms with van der Waals surface area (Å²) in [5, 5.41) is 8.90. The lowest BCUT2D eigenvalue weighted by atomic mass is 10.2. The highest BCUT2D eigenvalue weighted by atomic mass is 32.2. The summed E-state index contributed by atoms with van der Waals surface area (Å²) in [6.07, 6.45) is 2.93. The van der Waals surface area contributed by atoms with Crippen molar-refractivity contribution < 1.29 is 8.42 Å². The molecule has 5 nitrogen and oxygen atoms in total. The molecule has 0 saturated heterocycles. The van der Waals surface area contributed by atoms with Crippen LogP contribution in [0.15, 0.2) is 35.9 Å². The van der Waals surface area contributed by atoms with Gasteiger partial charge in [0, 0.05) is 6.07 Å². The Morgan fingerprint density at radius 2 is 2.00 bits per heavy atom. The van der Waals surface area contributed by atoms with Gasteiger partial charge in [-0.2, -0.15) is 0 Å². The van der Waals surface area contributed by atoms with E-state index in [0.717, 1.165) is 11.8 Å². The number of anilines is 1. The smallest absolute Gasteiger partial charge is 0.259 e. The number of sulfonamides is 1. The van der Waals surface area contributed by atoms with E-state index in [1.807, 2.05) is 13.8 Å². The molecule has 0 heterocycles. The molecule has 6 heteroatoms. The summed E-state index contributed by atoms with van der Waals surface area (Å²) < 4.78 is 24.8. The molecule has 96 valence electrons. The number of rotatable bonds is 4. The summed E-state index contributed by atoms with van der Waals surface area (Å²) in [6, 6.07) is 6.54. The highest BCUT2D eigenvalue weighted by Crippen LogP contribution is 2.29. The molecule has 0 amide bonds. The summed E-state index contributed by atoms with van der Waals surface area (Å²) in [5.74, 6) is 0. The fourth-order valence-electron chi connectivity index (χ4n) is 1.44. The van der Waals surface area contributed by atoms with Gasteiger partial charge in [-0.1, -0.05) is 23.8 Å². The van der Waals surface area contributed by atoms with Crippen molar-refractivity contribution in [2.45, 2.75) is 13.8 Å². The molecule has 0 saturated carbocycles. The van der Waals surface area contributed by atoms with Crippen LogP contribution in [0.3, 0.4) is 0 Å². The molecular formula is C12H16N3O2S+. The number of para-hydroxylation sites is 1. The van der Waals surface area contributed by atoms with Gasteiger partial charge in [-0.25, -0.2) is 8.42 Å². The minimum absolute atomic E-state index is 0.216. The van der Waals surface area contributed by atoms with Crippen LogP contribution in [0, 0.1) is 5.39 Å². The molecule has 1 rings (SSSR count). The molecule has 1 aromatic carbocycles. The molecule has 0 aromatic heterocycles. The van der Waals surface area contributed by atoms with Crippen molar-refractivity contribution in [2.24, 2.45) is 0 Å². The van der Waals surface area contributed by atoms with E-state index in [9.17, 15) is 8.42 Å². The zero-order valence-corrected chi connectivity index (χ0v) is 11.5. The first kappa shape index (κ1) is 14.2. The van der Waals surface area contributed by atoms with E-state index >= 15 is 0 Å². The van der Waals surface area contributed by atoms with Gasteiger partial charge in [-0.15, -0.1) is 0 Å². The van der Waals surface area contributed by atoms with Gasteiger partial charge < -0.3 is 0 Å². The Balaban J connectivity index is 3.28. The Hall–Kier alpha value is -1.87. The van der Waals surface area contributed by atoms with Crippen molar-refractivity contribution in [3.05, 3.63) is 40.9 Å². The third kappa shape index (κ3) is 3.57. The number of hydrogen-bond donors (Lipinski definition) is 0. The first-order valence-corrected chi connectivity index (χ1v) is 7.26. The van der Waals surface area contributed by atoms with E-state index in [0.29, 0.717) is 5.69 Å². The predicted octanol–water partition coefficient (Wildman–Crippen LogP) is 2.90. The van der Waals surface area contributed by atoms with Gasteiger partial charge in [0.2, 0.25) is 15.4 Å². The summed E-state index contributed by atoms with van der Waals surface area (Å²) in [4.78, 5) is 3.11. The van der Waals surface area contributed by atoms with E-state index in [1.165, 1.54) is 4.31 Å². The summed E-state index contributed by atoms with van der Waals surface area (Å²) in [7, 11) is -3.43. The van der Waals surface area contributed by atoms with Gasteiger partial charge in [0.25, 0.3) is 0 Å². The number of diazo groups is 1. The largest absolute Gasteiger partial charge is 0.409 e. The maximum Gasteiger partial charge on any atom is 0.409 e. The van der Waals surface area contributed by atoms with Gasteiger partial charge >= 0.3 is 5.69 Å². The highest BCUT2D eigenvalue weighted by molar-refractivity contribution is 7.92. The van der Waals surface area contributed by atoms with Crippen molar-refractivity contribution in [1.82, 2.24) is 0 Å². The van der Waals surface area contributed by atoms with Crippen molar-refractivity contribution in [2.75, 3.05) is 17.1 Å². The van der Waals surface area contributed by atoms with Gasteiger partial charge in [-0.05, 0) is 19.9 Å². The topological polar surface area (TPSA) is 65.5 Å². The maximum absolute atomic E-state index is 11.8. The second-order valence-corrected chi connectivity index (χ2v) is 6.07. The van der Waals surface area contributed by atoms with Crippen LogP contribution < -0.4 is 4.31 Å². The van der Waals surface area contributed by atoms with Crippen LogP contribution in [-0.2, 0) is 10.0 Å². The molecule has 0 bridgehead atoms. The van der Waals surface area contributed by atoms with Crippen molar-refractivity contribution in [3.63, 3.8) is 0 Å². The lowest BCUT2D eigenvalue weighted by Crippen LogP contribution is -2.30. The summed E-state index contributed by atoms with van der Waals surface area (Å²) >= 11 is 0. The first-order valence-electron chi connectivity index (χ1n) is 5.41. The number of nitrogens with zero attached hydrogens (tertiary/aromatic N) is 3. The Bertz CT molecular complexity index is 596. The lowest BCUT2D eigenvalue weighted by molar-refractivity contribution is 0.598. The van der Waals surface area contributed by atoms with Crippen LogP contribution >= 0.6 is 0 Å². The molecule has 0 radical (unpaired) electrons. The summed E-state index contributed by atoms with van der Waals surface area (Å²) in [5.41, 5.74) is 1.60. The third-order valence-electron chi connectivity index (χ3n) is 2.32. The zero-order chi connectivity index (χ0) is 13.8. The zero-order valence-electron chi connectivity index (χ0n) is 10.7. The van der Waals surface area contributed by atoms with Crippen molar-refractivity contribution in [3.8, 4) is 0 Å². The Morgan fingerprint density at radius 1 is 1.39 bits per heavy atom. The van der Waals surface area contributed by atoms with Crippen LogP contribution in [0.25, 0.3) is 4.98 Å². The van der Waals surface area contributed by atoms with Gasteiger partial charge in [-0.3, -0.25) is 4.31 Å². The first-order chi connectivity index (χ1) is 8.36. The van der Waals surface area contributed by atoms with Gasteiger partial charge in [0.1, 0.15) is 5.69 Å². The third-order valence-corrected chi connectivity index (χ3v) is 3.47. The SMILES string of the molecule is CC(C)=CCN(c1ccccc1[N+]#N)S(C)(=O)=O. The minimum atomic E-state index is -3.43. The van der Waals surface area contributed by atoms with E-state index in [2.05, 4.69) is 4.98 Å². The standard InChI is InChI=1S/C12H16N3O2S/c1-10(2)8-9-15(18(3,16)17)12-7-5-4-6-11(12)14-13/h4-8H,9H2,1-3H3/q+1. The molecule has 0 aliphatic rings. The second-order valence-electron chi connectivity index (χ2n) is 4.16. The van der Waals surface area contributed by atoms with Crippen LogP contribution in [0.5, 0.6) is 0 Å². The van der Waals surface area contributed by atoms with E-state index in [1.54, 1.807) is 30.3 Å². The number of benzene rings is 1. The van der Waals surface area contributed by atoms with Crippen LogP contribution in [0.1, 0.15) is 13.8 Å². The normalized spacial score (nSPS) is 10.6. The van der Waals surface area contributed by atoms with Crippen LogP contribution in [0.2, 0.25) is 0 Å². The second kappa shape index (κ2) is 5.65. The molecule has 1 aromatic rings. The Kier molecular flexibility index (Phi) is 4.45. The van der Waals surface area contributed by atoms with E-state index < -0.39 is 10.0 Å². The molecular weight excluding hydrogens is 250 g/mol. The molecule has 0 aliphatic carbocycles. The number of allylic oxidation sites excluding steroid dienone is 1. The molecule has 18 heavy (non-hydrogen) atoms. The van der Waals surface area contributed by atoms with E-state index in [-0.39, 0.29) is 12.2 Å². The average Bonchev–Trinajstić information content (AvgIpc) is 2.27. The fourth-order valence-corrected chi connectivity index (χ4v) is 2.29. The summed E-state index contributed by atoms with van der Waals surface area (Å²) in [6.45, 7) is 4.00. The molecule has 0 unspecified atom stereocenters. The van der Waals surface area contributed by atoms with Gasteiger partial charge in [0.05, 0.1) is 12.8 Å². The Labute approximate surface area is 107 Å². The van der Waals surface area contributed by atoms with Crippen LogP contribution in [-0.4, -0.2) is 21.2 Å². The lowest BCUT2D eigenvalue weighted by Gasteiger charge is -2.19. The fraction of sp³-hybridized carbons (Fsp3) is 0.333. The molecule has 0 fully saturated rings. The van der Waals surface area contributed by atoms with Crippen molar-refractivity contribution >= 4 is 21.4 Å². The number of hydrogen-bond acceptors (Lipinski definition) is 3. The highest BCUT2D eigenvalue weighted by Gasteiger charge is 2.24. The molecule has 0 N–H and O–H groups in total. The molecule has 0 spiro atoms. The van der Waals surface area contributed by atoms with Crippen molar-refractivity contribution in [1.29, 1.82) is 5.39 Å². The van der Waals surface area contributed by atoms with E-state index in [4.69, 9.17) is 5.39 Å². The Morgan fingerprint density at radius 3 is 2.50 bits per heavy atom. The molecule has 0 atom stereocenters.